The summed E-state index contributed by atoms with van der Waals surface area (Å²) in [7, 11) is 0. The first-order valence-corrected chi connectivity index (χ1v) is 6.86. The number of aryl methyl sites for hydroxylation is 1. The zero-order valence-electron chi connectivity index (χ0n) is 9.24. The minimum absolute atomic E-state index is 0.0936. The summed E-state index contributed by atoms with van der Waals surface area (Å²) in [5, 5.41) is 0. The van der Waals surface area contributed by atoms with Gasteiger partial charge in [0.05, 0.1) is 5.75 Å². The van der Waals surface area contributed by atoms with Crippen molar-refractivity contribution in [2.24, 2.45) is 0 Å². The second-order valence-electron chi connectivity index (χ2n) is 3.58. The summed E-state index contributed by atoms with van der Waals surface area (Å²) in [5.41, 5.74) is 0.657. The molecule has 1 aromatic heterocycles. The quantitative estimate of drug-likeness (QED) is 0.886. The van der Waals surface area contributed by atoms with Crippen molar-refractivity contribution in [1.29, 1.82) is 0 Å². The van der Waals surface area contributed by atoms with E-state index in [1.807, 2.05) is 31.2 Å². The lowest BCUT2D eigenvalue weighted by Gasteiger charge is -2.02. The maximum absolute atomic E-state index is 11.3. The number of thioether (sulfide) groups is 1. The summed E-state index contributed by atoms with van der Waals surface area (Å²) in [6.07, 6.45) is 0. The van der Waals surface area contributed by atoms with Crippen LogP contribution >= 0.6 is 27.7 Å². The monoisotopic (exact) mass is 310 g/mol. The van der Waals surface area contributed by atoms with E-state index in [9.17, 15) is 4.79 Å². The standard InChI is InChI=1S/C12H11BrN2OS/c1-8-6-12(16)15-11(14-8)7-17-10-4-2-9(13)3-5-10/h2-6H,7H2,1H3,(H,14,15,16). The zero-order valence-corrected chi connectivity index (χ0v) is 11.6. The predicted octanol–water partition coefficient (Wildman–Crippen LogP) is 3.13. The molecule has 2 rings (SSSR count). The van der Waals surface area contributed by atoms with Crippen molar-refractivity contribution in [2.45, 2.75) is 17.6 Å². The highest BCUT2D eigenvalue weighted by atomic mass is 79.9. The summed E-state index contributed by atoms with van der Waals surface area (Å²) >= 11 is 5.04. The summed E-state index contributed by atoms with van der Waals surface area (Å²) in [6.45, 7) is 1.82. The predicted molar refractivity (Wildman–Crippen MR) is 73.3 cm³/mol. The van der Waals surface area contributed by atoms with Gasteiger partial charge in [0.25, 0.3) is 5.56 Å². The van der Waals surface area contributed by atoms with Gasteiger partial charge in [-0.3, -0.25) is 4.79 Å². The average molecular weight is 311 g/mol. The molecule has 0 fully saturated rings. The lowest BCUT2D eigenvalue weighted by molar-refractivity contribution is 0.968. The molecule has 0 amide bonds. The first kappa shape index (κ1) is 12.4. The molecule has 0 aliphatic carbocycles. The maximum Gasteiger partial charge on any atom is 0.251 e. The van der Waals surface area contributed by atoms with Gasteiger partial charge >= 0.3 is 0 Å². The van der Waals surface area contributed by atoms with Gasteiger partial charge in [-0.25, -0.2) is 4.98 Å². The fourth-order valence-corrected chi connectivity index (χ4v) is 2.42. The third kappa shape index (κ3) is 3.71. The van der Waals surface area contributed by atoms with E-state index >= 15 is 0 Å². The van der Waals surface area contributed by atoms with Gasteiger partial charge in [-0.15, -0.1) is 11.8 Å². The first-order chi connectivity index (χ1) is 8.13. The van der Waals surface area contributed by atoms with Crippen molar-refractivity contribution >= 4 is 27.7 Å². The molecular formula is C12H11BrN2OS. The van der Waals surface area contributed by atoms with Crippen molar-refractivity contribution in [3.8, 4) is 0 Å². The molecule has 0 bridgehead atoms. The van der Waals surface area contributed by atoms with Crippen LogP contribution < -0.4 is 5.56 Å². The molecule has 1 aromatic carbocycles. The third-order valence-corrected chi connectivity index (χ3v) is 3.66. The van der Waals surface area contributed by atoms with Crippen LogP contribution in [-0.4, -0.2) is 9.97 Å². The molecule has 0 unspecified atom stereocenters. The molecule has 0 saturated carbocycles. The van der Waals surface area contributed by atoms with Crippen molar-refractivity contribution in [1.82, 2.24) is 9.97 Å². The normalized spacial score (nSPS) is 10.5. The lowest BCUT2D eigenvalue weighted by Crippen LogP contribution is -2.10. The molecule has 1 N–H and O–H groups in total. The van der Waals surface area contributed by atoms with E-state index in [2.05, 4.69) is 25.9 Å². The molecule has 17 heavy (non-hydrogen) atoms. The van der Waals surface area contributed by atoms with Crippen molar-refractivity contribution < 1.29 is 0 Å². The van der Waals surface area contributed by atoms with E-state index in [1.165, 1.54) is 6.07 Å². The van der Waals surface area contributed by atoms with Gasteiger partial charge in [-0.2, -0.15) is 0 Å². The van der Waals surface area contributed by atoms with Gasteiger partial charge in [0.1, 0.15) is 5.82 Å². The fraction of sp³-hybridized carbons (Fsp3) is 0.167. The first-order valence-electron chi connectivity index (χ1n) is 5.09. The Kier molecular flexibility index (Phi) is 4.02. The van der Waals surface area contributed by atoms with Crippen LogP contribution in [0, 0.1) is 6.92 Å². The molecule has 2 aromatic rings. The topological polar surface area (TPSA) is 45.8 Å². The van der Waals surface area contributed by atoms with E-state index in [0.29, 0.717) is 11.6 Å². The average Bonchev–Trinajstić information content (AvgIpc) is 2.27. The number of benzene rings is 1. The zero-order chi connectivity index (χ0) is 12.3. The largest absolute Gasteiger partial charge is 0.310 e. The Morgan fingerprint density at radius 1 is 1.35 bits per heavy atom. The lowest BCUT2D eigenvalue weighted by atomic mass is 10.4. The van der Waals surface area contributed by atoms with E-state index < -0.39 is 0 Å². The summed E-state index contributed by atoms with van der Waals surface area (Å²) in [6, 6.07) is 9.54. The molecular weight excluding hydrogens is 300 g/mol. The molecule has 0 aliphatic rings. The molecule has 1 heterocycles. The number of aromatic amines is 1. The number of nitrogens with one attached hydrogen (secondary N) is 1. The number of rotatable bonds is 3. The van der Waals surface area contributed by atoms with E-state index in [4.69, 9.17) is 0 Å². The SMILES string of the molecule is Cc1cc(=O)[nH]c(CSc2ccc(Br)cc2)n1. The Morgan fingerprint density at radius 3 is 2.71 bits per heavy atom. The van der Waals surface area contributed by atoms with Crippen LogP contribution in [0.1, 0.15) is 11.5 Å². The van der Waals surface area contributed by atoms with Gasteiger partial charge in [0, 0.05) is 21.1 Å². The van der Waals surface area contributed by atoms with Gasteiger partial charge in [-0.1, -0.05) is 15.9 Å². The Labute approximate surface area is 112 Å². The van der Waals surface area contributed by atoms with Crippen molar-refractivity contribution in [3.63, 3.8) is 0 Å². The van der Waals surface area contributed by atoms with E-state index in [0.717, 1.165) is 15.1 Å². The van der Waals surface area contributed by atoms with E-state index in [1.54, 1.807) is 11.8 Å². The second kappa shape index (κ2) is 5.51. The Bertz CT molecular complexity index is 565. The highest BCUT2D eigenvalue weighted by Crippen LogP contribution is 2.22. The highest BCUT2D eigenvalue weighted by molar-refractivity contribution is 9.10. The highest BCUT2D eigenvalue weighted by Gasteiger charge is 2.00. The van der Waals surface area contributed by atoms with Crippen LogP contribution in [0.25, 0.3) is 0 Å². The minimum Gasteiger partial charge on any atom is -0.310 e. The molecule has 0 saturated heterocycles. The molecule has 0 aliphatic heterocycles. The number of nitrogens with zero attached hydrogens (tertiary/aromatic N) is 1. The van der Waals surface area contributed by atoms with Crippen LogP contribution in [-0.2, 0) is 5.75 Å². The van der Waals surface area contributed by atoms with Crippen molar-refractivity contribution in [3.05, 3.63) is 56.7 Å². The molecule has 3 nitrogen and oxygen atoms in total. The van der Waals surface area contributed by atoms with Gasteiger partial charge in [0.15, 0.2) is 0 Å². The smallest absolute Gasteiger partial charge is 0.251 e. The van der Waals surface area contributed by atoms with Gasteiger partial charge in [-0.05, 0) is 31.2 Å². The number of aromatic nitrogens is 2. The van der Waals surface area contributed by atoms with Crippen molar-refractivity contribution in [2.75, 3.05) is 0 Å². The summed E-state index contributed by atoms with van der Waals surface area (Å²) < 4.78 is 1.06. The second-order valence-corrected chi connectivity index (χ2v) is 5.54. The molecule has 0 spiro atoms. The van der Waals surface area contributed by atoms with Crippen LogP contribution in [0.4, 0.5) is 0 Å². The van der Waals surface area contributed by atoms with Crippen LogP contribution in [0.2, 0.25) is 0 Å². The number of hydrogen-bond acceptors (Lipinski definition) is 3. The summed E-state index contributed by atoms with van der Waals surface area (Å²) in [5.74, 6) is 1.38. The number of halogens is 1. The third-order valence-electron chi connectivity index (χ3n) is 2.11. The molecule has 0 atom stereocenters. The maximum atomic E-state index is 11.3. The molecule has 88 valence electrons. The van der Waals surface area contributed by atoms with Crippen LogP contribution in [0.15, 0.2) is 44.5 Å². The molecule has 0 radical (unpaired) electrons. The fourth-order valence-electron chi connectivity index (χ4n) is 1.39. The molecule has 5 heteroatoms. The van der Waals surface area contributed by atoms with Crippen LogP contribution in [0.3, 0.4) is 0 Å². The number of H-pyrrole nitrogens is 1. The Hall–Kier alpha value is -1.07. The van der Waals surface area contributed by atoms with Gasteiger partial charge in [0.2, 0.25) is 0 Å². The Morgan fingerprint density at radius 2 is 2.06 bits per heavy atom. The number of hydrogen-bond donors (Lipinski definition) is 1. The van der Waals surface area contributed by atoms with Gasteiger partial charge < -0.3 is 4.98 Å². The van der Waals surface area contributed by atoms with E-state index in [-0.39, 0.29) is 5.56 Å². The van der Waals surface area contributed by atoms with Crippen LogP contribution in [0.5, 0.6) is 0 Å². The summed E-state index contributed by atoms with van der Waals surface area (Å²) in [4.78, 5) is 19.4. The minimum atomic E-state index is -0.0936. The Balaban J connectivity index is 2.07.